The van der Waals surface area contributed by atoms with Gasteiger partial charge in [-0.15, -0.1) is 0 Å². The predicted molar refractivity (Wildman–Crippen MR) is 130 cm³/mol. The summed E-state index contributed by atoms with van der Waals surface area (Å²) < 4.78 is 39.3. The highest BCUT2D eigenvalue weighted by atomic mass is 32.2. The Labute approximate surface area is 205 Å². The number of rotatable bonds is 6. The van der Waals surface area contributed by atoms with E-state index in [0.717, 1.165) is 28.7 Å². The van der Waals surface area contributed by atoms with Crippen LogP contribution in [0.25, 0.3) is 0 Å². The molecule has 0 radical (unpaired) electrons. The number of aromatic carboxylic acids is 1. The summed E-state index contributed by atoms with van der Waals surface area (Å²) in [5.74, 6) is 0.390. The lowest BCUT2D eigenvalue weighted by atomic mass is 10.1. The lowest BCUT2D eigenvalue weighted by Crippen LogP contribution is -2.47. The van der Waals surface area contributed by atoms with Crippen LogP contribution in [0.3, 0.4) is 0 Å². The molecule has 0 spiro atoms. The second-order valence-electron chi connectivity index (χ2n) is 8.36. The van der Waals surface area contributed by atoms with Gasteiger partial charge < -0.3 is 14.9 Å². The number of carboxylic acid groups (broad SMARTS) is 1. The molecule has 0 bridgehead atoms. The molecule has 1 saturated heterocycles. The SMILES string of the molecule is Cc1nc(SCc2cccc(C(=O)O)c2)nc(N2CCN(c3cccc(C(F)(F)F)c3)CC2)c1C. The number of hydrogen-bond donors (Lipinski definition) is 1. The van der Waals surface area contributed by atoms with Crippen molar-refractivity contribution in [3.05, 3.63) is 76.5 Å². The standard InChI is InChI=1S/C25H25F3N4O2S/c1-16-17(2)29-24(35-15-18-5-3-6-19(13-18)23(33)34)30-22(16)32-11-9-31(10-12-32)21-8-4-7-20(14-21)25(26,27)28/h3-8,13-14H,9-12,15H2,1-2H3,(H,33,34). The second kappa shape index (κ2) is 10.2. The van der Waals surface area contributed by atoms with E-state index in [1.807, 2.05) is 24.8 Å². The second-order valence-corrected chi connectivity index (χ2v) is 9.30. The van der Waals surface area contributed by atoms with Gasteiger partial charge >= 0.3 is 12.1 Å². The zero-order chi connectivity index (χ0) is 25.2. The van der Waals surface area contributed by atoms with Gasteiger partial charge in [-0.05, 0) is 49.7 Å². The summed E-state index contributed by atoms with van der Waals surface area (Å²) in [5.41, 5.74) is 2.86. The molecule has 3 aromatic rings. The lowest BCUT2D eigenvalue weighted by Gasteiger charge is -2.37. The molecule has 0 amide bonds. The first-order chi connectivity index (χ1) is 16.6. The van der Waals surface area contributed by atoms with Crippen LogP contribution in [0.15, 0.2) is 53.7 Å². The number of alkyl halides is 3. The quantitative estimate of drug-likeness (QED) is 0.356. The first-order valence-electron chi connectivity index (χ1n) is 11.1. The normalized spacial score (nSPS) is 14.3. The first kappa shape index (κ1) is 24.8. The van der Waals surface area contributed by atoms with Crippen molar-refractivity contribution < 1.29 is 23.1 Å². The number of aromatic nitrogens is 2. The maximum atomic E-state index is 13.1. The van der Waals surface area contributed by atoms with Crippen molar-refractivity contribution in [3.63, 3.8) is 0 Å². The van der Waals surface area contributed by atoms with Crippen LogP contribution < -0.4 is 9.80 Å². The Morgan fingerprint density at radius 1 is 1.00 bits per heavy atom. The van der Waals surface area contributed by atoms with Crippen LogP contribution in [0.5, 0.6) is 0 Å². The van der Waals surface area contributed by atoms with E-state index in [9.17, 15) is 23.1 Å². The van der Waals surface area contributed by atoms with Gasteiger partial charge in [0.05, 0.1) is 11.1 Å². The molecule has 2 aromatic carbocycles. The van der Waals surface area contributed by atoms with Gasteiger partial charge in [0.25, 0.3) is 0 Å². The topological polar surface area (TPSA) is 69.6 Å². The Morgan fingerprint density at radius 2 is 1.69 bits per heavy atom. The van der Waals surface area contributed by atoms with Gasteiger partial charge in [-0.1, -0.05) is 30.0 Å². The number of carbonyl (C=O) groups is 1. The maximum absolute atomic E-state index is 13.1. The molecule has 6 nitrogen and oxygen atoms in total. The Kier molecular flexibility index (Phi) is 7.20. The van der Waals surface area contributed by atoms with E-state index in [1.165, 1.54) is 23.9 Å². The number of hydrogen-bond acceptors (Lipinski definition) is 6. The number of aryl methyl sites for hydroxylation is 1. The van der Waals surface area contributed by atoms with Crippen molar-refractivity contribution in [3.8, 4) is 0 Å². The van der Waals surface area contributed by atoms with Gasteiger partial charge in [0, 0.05) is 48.9 Å². The summed E-state index contributed by atoms with van der Waals surface area (Å²) in [7, 11) is 0. The molecule has 1 fully saturated rings. The Balaban J connectivity index is 1.45. The third-order valence-corrected chi connectivity index (χ3v) is 6.92. The predicted octanol–water partition coefficient (Wildman–Crippen LogP) is 5.43. The van der Waals surface area contributed by atoms with Crippen LogP contribution in [-0.4, -0.2) is 47.2 Å². The van der Waals surface area contributed by atoms with Crippen molar-refractivity contribution in [2.45, 2.75) is 30.9 Å². The number of nitrogens with zero attached hydrogens (tertiary/aromatic N) is 4. The fraction of sp³-hybridized carbons (Fsp3) is 0.320. The molecule has 1 aliphatic heterocycles. The molecule has 1 N–H and O–H groups in total. The summed E-state index contributed by atoms with van der Waals surface area (Å²) in [6.07, 6.45) is -4.36. The zero-order valence-corrected chi connectivity index (χ0v) is 20.2. The number of piperazine rings is 1. The van der Waals surface area contributed by atoms with Crippen molar-refractivity contribution >= 4 is 29.2 Å². The van der Waals surface area contributed by atoms with Gasteiger partial charge in [0.15, 0.2) is 5.16 Å². The van der Waals surface area contributed by atoms with Crippen LogP contribution in [0, 0.1) is 13.8 Å². The Bertz CT molecular complexity index is 1230. The summed E-state index contributed by atoms with van der Waals surface area (Å²) in [5, 5.41) is 9.79. The van der Waals surface area contributed by atoms with E-state index in [4.69, 9.17) is 4.98 Å². The molecular formula is C25H25F3N4O2S. The molecule has 0 saturated carbocycles. The molecule has 184 valence electrons. The summed E-state index contributed by atoms with van der Waals surface area (Å²) in [6.45, 7) is 6.29. The monoisotopic (exact) mass is 502 g/mol. The molecule has 0 unspecified atom stereocenters. The Morgan fingerprint density at radius 3 is 2.37 bits per heavy atom. The van der Waals surface area contributed by atoms with Crippen LogP contribution in [0.2, 0.25) is 0 Å². The van der Waals surface area contributed by atoms with Crippen molar-refractivity contribution in [1.82, 2.24) is 9.97 Å². The molecule has 4 rings (SSSR count). The maximum Gasteiger partial charge on any atom is 0.416 e. The molecule has 0 atom stereocenters. The fourth-order valence-electron chi connectivity index (χ4n) is 3.96. The number of anilines is 2. The number of thioether (sulfide) groups is 1. The van der Waals surface area contributed by atoms with Gasteiger partial charge in [-0.25, -0.2) is 14.8 Å². The highest BCUT2D eigenvalue weighted by molar-refractivity contribution is 7.98. The van der Waals surface area contributed by atoms with E-state index in [2.05, 4.69) is 9.88 Å². The van der Waals surface area contributed by atoms with Crippen molar-refractivity contribution in [2.75, 3.05) is 36.0 Å². The lowest BCUT2D eigenvalue weighted by molar-refractivity contribution is -0.137. The smallest absolute Gasteiger partial charge is 0.416 e. The van der Waals surface area contributed by atoms with Gasteiger partial charge in [0.1, 0.15) is 5.82 Å². The highest BCUT2D eigenvalue weighted by Crippen LogP contribution is 2.32. The number of benzene rings is 2. The summed E-state index contributed by atoms with van der Waals surface area (Å²) >= 11 is 1.44. The zero-order valence-electron chi connectivity index (χ0n) is 19.3. The van der Waals surface area contributed by atoms with Crippen LogP contribution in [0.4, 0.5) is 24.7 Å². The molecule has 35 heavy (non-hydrogen) atoms. The minimum Gasteiger partial charge on any atom is -0.478 e. The molecule has 1 aliphatic rings. The number of halogens is 3. The Hall–Kier alpha value is -3.27. The van der Waals surface area contributed by atoms with E-state index in [-0.39, 0.29) is 5.56 Å². The van der Waals surface area contributed by atoms with E-state index < -0.39 is 17.7 Å². The summed E-state index contributed by atoms with van der Waals surface area (Å²) in [6, 6.07) is 12.2. The highest BCUT2D eigenvalue weighted by Gasteiger charge is 2.31. The van der Waals surface area contributed by atoms with Gasteiger partial charge in [0.2, 0.25) is 0 Å². The molecule has 2 heterocycles. The van der Waals surface area contributed by atoms with E-state index in [0.29, 0.717) is 42.8 Å². The van der Waals surface area contributed by atoms with Crippen molar-refractivity contribution in [2.24, 2.45) is 0 Å². The van der Waals surface area contributed by atoms with Gasteiger partial charge in [-0.2, -0.15) is 13.2 Å². The molecule has 0 aliphatic carbocycles. The largest absolute Gasteiger partial charge is 0.478 e. The number of carboxylic acids is 1. The molecular weight excluding hydrogens is 477 g/mol. The molecule has 1 aromatic heterocycles. The van der Waals surface area contributed by atoms with E-state index >= 15 is 0 Å². The van der Waals surface area contributed by atoms with Crippen LogP contribution >= 0.6 is 11.8 Å². The van der Waals surface area contributed by atoms with Crippen LogP contribution in [-0.2, 0) is 11.9 Å². The minimum atomic E-state index is -4.36. The minimum absolute atomic E-state index is 0.239. The summed E-state index contributed by atoms with van der Waals surface area (Å²) in [4.78, 5) is 24.7. The third kappa shape index (κ3) is 5.87. The van der Waals surface area contributed by atoms with Gasteiger partial charge in [-0.3, -0.25) is 0 Å². The average molecular weight is 503 g/mol. The molecule has 10 heteroatoms. The van der Waals surface area contributed by atoms with Crippen molar-refractivity contribution in [1.29, 1.82) is 0 Å². The third-order valence-electron chi connectivity index (χ3n) is 6.00. The first-order valence-corrected chi connectivity index (χ1v) is 12.1. The van der Waals surface area contributed by atoms with Crippen LogP contribution in [0.1, 0.15) is 32.7 Å². The average Bonchev–Trinajstić information content (AvgIpc) is 2.84. The fourth-order valence-corrected chi connectivity index (χ4v) is 4.79. The van der Waals surface area contributed by atoms with E-state index in [1.54, 1.807) is 24.3 Å².